The highest BCUT2D eigenvalue weighted by atomic mass is 16.6. The SMILES string of the molecule is CC(C)(C)OC(=O)COC1CCN(C(=O)C2CN(c3ccc(-c4noc(=O)[nH]4)cc3)C(=O)O2)CC1. The van der Waals surface area contributed by atoms with Gasteiger partial charge in [-0.2, -0.15) is 0 Å². The number of rotatable bonds is 6. The van der Waals surface area contributed by atoms with Crippen molar-refractivity contribution >= 4 is 23.7 Å². The molecule has 1 N–H and O–H groups in total. The lowest BCUT2D eigenvalue weighted by Crippen LogP contribution is -2.46. The summed E-state index contributed by atoms with van der Waals surface area (Å²) in [7, 11) is 0. The molecule has 2 aliphatic rings. The number of aromatic nitrogens is 2. The molecule has 4 rings (SSSR count). The highest BCUT2D eigenvalue weighted by Gasteiger charge is 2.40. The molecule has 0 aliphatic carbocycles. The summed E-state index contributed by atoms with van der Waals surface area (Å²) in [5.74, 6) is -1.07. The van der Waals surface area contributed by atoms with Crippen LogP contribution in [-0.4, -0.2) is 77.1 Å². The maximum atomic E-state index is 12.9. The van der Waals surface area contributed by atoms with Crippen molar-refractivity contribution in [3.63, 3.8) is 0 Å². The number of ether oxygens (including phenoxy) is 3. The first-order valence-electron chi connectivity index (χ1n) is 11.4. The van der Waals surface area contributed by atoms with E-state index in [-0.39, 0.29) is 31.0 Å². The average molecular weight is 488 g/mol. The van der Waals surface area contributed by atoms with E-state index < -0.39 is 29.5 Å². The number of carbonyl (C=O) groups is 3. The number of amides is 2. The molecule has 35 heavy (non-hydrogen) atoms. The third-order valence-corrected chi connectivity index (χ3v) is 5.59. The Hall–Kier alpha value is -3.67. The van der Waals surface area contributed by atoms with Crippen LogP contribution >= 0.6 is 0 Å². The molecule has 1 aromatic carbocycles. The van der Waals surface area contributed by atoms with Crippen LogP contribution in [0.1, 0.15) is 33.6 Å². The molecule has 1 unspecified atom stereocenters. The van der Waals surface area contributed by atoms with Crippen LogP contribution in [0.15, 0.2) is 33.6 Å². The fourth-order valence-electron chi connectivity index (χ4n) is 3.96. The van der Waals surface area contributed by atoms with Crippen LogP contribution < -0.4 is 10.7 Å². The molecule has 3 heterocycles. The minimum atomic E-state index is -0.909. The zero-order valence-corrected chi connectivity index (χ0v) is 19.8. The van der Waals surface area contributed by atoms with E-state index in [4.69, 9.17) is 14.2 Å². The van der Waals surface area contributed by atoms with E-state index in [2.05, 4.69) is 14.7 Å². The van der Waals surface area contributed by atoms with Crippen molar-refractivity contribution in [2.75, 3.05) is 31.1 Å². The second-order valence-electron chi connectivity index (χ2n) is 9.40. The molecular formula is C23H28N4O8. The number of piperidine rings is 1. The van der Waals surface area contributed by atoms with Gasteiger partial charge in [-0.05, 0) is 57.9 Å². The molecule has 2 saturated heterocycles. The molecule has 12 nitrogen and oxygen atoms in total. The summed E-state index contributed by atoms with van der Waals surface area (Å²) in [4.78, 5) is 53.8. The fraction of sp³-hybridized carbons (Fsp3) is 0.522. The largest absolute Gasteiger partial charge is 0.458 e. The zero-order chi connectivity index (χ0) is 25.2. The van der Waals surface area contributed by atoms with Gasteiger partial charge in [-0.25, -0.2) is 14.4 Å². The van der Waals surface area contributed by atoms with E-state index in [1.807, 2.05) is 0 Å². The van der Waals surface area contributed by atoms with Crippen molar-refractivity contribution in [3.8, 4) is 11.4 Å². The molecule has 12 heteroatoms. The van der Waals surface area contributed by atoms with Gasteiger partial charge in [-0.15, -0.1) is 0 Å². The van der Waals surface area contributed by atoms with Crippen LogP contribution in [0, 0.1) is 0 Å². The van der Waals surface area contributed by atoms with Gasteiger partial charge < -0.3 is 19.1 Å². The molecule has 0 radical (unpaired) electrons. The number of likely N-dealkylation sites (tertiary alicyclic amines) is 1. The number of aromatic amines is 1. The second kappa shape index (κ2) is 9.90. The number of hydrogen-bond acceptors (Lipinski definition) is 9. The molecule has 0 saturated carbocycles. The molecule has 0 spiro atoms. The smallest absolute Gasteiger partial charge is 0.439 e. The van der Waals surface area contributed by atoms with Gasteiger partial charge in [0, 0.05) is 24.3 Å². The summed E-state index contributed by atoms with van der Waals surface area (Å²) in [6.07, 6.45) is -0.517. The number of benzene rings is 1. The van der Waals surface area contributed by atoms with E-state index in [0.29, 0.717) is 37.2 Å². The number of hydrogen-bond donors (Lipinski definition) is 1. The lowest BCUT2D eigenvalue weighted by Gasteiger charge is -2.32. The number of H-pyrrole nitrogens is 1. The monoisotopic (exact) mass is 488 g/mol. The molecule has 1 atom stereocenters. The first kappa shape index (κ1) is 24.5. The fourth-order valence-corrected chi connectivity index (χ4v) is 3.96. The number of esters is 1. The summed E-state index contributed by atoms with van der Waals surface area (Å²) >= 11 is 0. The summed E-state index contributed by atoms with van der Waals surface area (Å²) in [6.45, 7) is 6.23. The lowest BCUT2D eigenvalue weighted by atomic mass is 10.1. The Kier molecular flexibility index (Phi) is 6.92. The Labute approximate surface area is 201 Å². The van der Waals surface area contributed by atoms with E-state index in [1.54, 1.807) is 49.9 Å². The van der Waals surface area contributed by atoms with Crippen molar-refractivity contribution in [2.45, 2.75) is 51.4 Å². The predicted molar refractivity (Wildman–Crippen MR) is 122 cm³/mol. The highest BCUT2D eigenvalue weighted by molar-refractivity contribution is 5.95. The Morgan fingerprint density at radius 1 is 1.14 bits per heavy atom. The van der Waals surface area contributed by atoms with Crippen LogP contribution in [0.3, 0.4) is 0 Å². The molecule has 1 aromatic heterocycles. The van der Waals surface area contributed by atoms with Gasteiger partial charge in [-0.3, -0.25) is 19.2 Å². The molecule has 2 aromatic rings. The van der Waals surface area contributed by atoms with E-state index in [9.17, 15) is 19.2 Å². The van der Waals surface area contributed by atoms with Crippen molar-refractivity contribution in [1.29, 1.82) is 0 Å². The average Bonchev–Trinajstić information content (AvgIpc) is 3.42. The topological polar surface area (TPSA) is 144 Å². The number of carbonyl (C=O) groups excluding carboxylic acids is 3. The standard InChI is InChI=1S/C23H28N4O8/c1-23(2,3)34-18(28)13-32-16-8-10-26(11-9-16)20(29)17-12-27(22(31)33-17)15-6-4-14(5-7-15)19-24-21(30)35-25-19/h4-7,16-17H,8-13H2,1-3H3,(H,24,25,30). The zero-order valence-electron chi connectivity index (χ0n) is 19.8. The Morgan fingerprint density at radius 2 is 1.83 bits per heavy atom. The molecule has 2 fully saturated rings. The van der Waals surface area contributed by atoms with Crippen LogP contribution in [0.25, 0.3) is 11.4 Å². The third-order valence-electron chi connectivity index (χ3n) is 5.59. The van der Waals surface area contributed by atoms with E-state index >= 15 is 0 Å². The number of cyclic esters (lactones) is 1. The first-order valence-corrected chi connectivity index (χ1v) is 11.4. The van der Waals surface area contributed by atoms with Gasteiger partial charge in [-0.1, -0.05) is 5.16 Å². The summed E-state index contributed by atoms with van der Waals surface area (Å²) < 4.78 is 20.7. The van der Waals surface area contributed by atoms with Crippen LogP contribution in [0.2, 0.25) is 0 Å². The highest BCUT2D eigenvalue weighted by Crippen LogP contribution is 2.26. The summed E-state index contributed by atoms with van der Waals surface area (Å²) in [5, 5.41) is 3.62. The van der Waals surface area contributed by atoms with Crippen LogP contribution in [0.5, 0.6) is 0 Å². The van der Waals surface area contributed by atoms with Gasteiger partial charge in [0.25, 0.3) is 5.91 Å². The van der Waals surface area contributed by atoms with Gasteiger partial charge in [0.1, 0.15) is 12.2 Å². The Balaban J connectivity index is 1.27. The van der Waals surface area contributed by atoms with Gasteiger partial charge in [0.15, 0.2) is 11.9 Å². The molecule has 2 amide bonds. The van der Waals surface area contributed by atoms with E-state index in [1.165, 1.54) is 4.90 Å². The minimum Gasteiger partial charge on any atom is -0.458 e. The van der Waals surface area contributed by atoms with Gasteiger partial charge in [0.2, 0.25) is 0 Å². The summed E-state index contributed by atoms with van der Waals surface area (Å²) in [6, 6.07) is 6.69. The van der Waals surface area contributed by atoms with Crippen molar-refractivity contribution < 1.29 is 33.1 Å². The Morgan fingerprint density at radius 3 is 2.43 bits per heavy atom. The maximum Gasteiger partial charge on any atom is 0.439 e. The second-order valence-corrected chi connectivity index (χ2v) is 9.40. The lowest BCUT2D eigenvalue weighted by molar-refractivity contribution is -0.163. The van der Waals surface area contributed by atoms with Crippen molar-refractivity contribution in [1.82, 2.24) is 15.0 Å². The quantitative estimate of drug-likeness (QED) is 0.601. The molecular weight excluding hydrogens is 460 g/mol. The number of nitrogens with zero attached hydrogens (tertiary/aromatic N) is 3. The van der Waals surface area contributed by atoms with Crippen LogP contribution in [-0.2, 0) is 23.8 Å². The van der Waals surface area contributed by atoms with E-state index in [0.717, 1.165) is 0 Å². The van der Waals surface area contributed by atoms with Gasteiger partial charge in [0.05, 0.1) is 12.6 Å². The predicted octanol–water partition coefficient (Wildman–Crippen LogP) is 1.70. The first-order chi connectivity index (χ1) is 16.6. The van der Waals surface area contributed by atoms with Gasteiger partial charge >= 0.3 is 17.8 Å². The third kappa shape index (κ3) is 6.07. The molecule has 188 valence electrons. The van der Waals surface area contributed by atoms with Crippen LogP contribution in [0.4, 0.5) is 10.5 Å². The molecule has 2 aliphatic heterocycles. The summed E-state index contributed by atoms with van der Waals surface area (Å²) in [5.41, 5.74) is 0.591. The Bertz CT molecular complexity index is 1130. The number of nitrogens with one attached hydrogen (secondary N) is 1. The number of anilines is 1. The molecule has 0 bridgehead atoms. The van der Waals surface area contributed by atoms with Crippen molar-refractivity contribution in [2.24, 2.45) is 0 Å². The van der Waals surface area contributed by atoms with Crippen molar-refractivity contribution in [3.05, 3.63) is 34.8 Å². The minimum absolute atomic E-state index is 0.0902. The normalized spacial score (nSPS) is 19.1. The maximum absolute atomic E-state index is 12.9.